The number of aromatic hydroxyl groups is 2. The van der Waals surface area contributed by atoms with Crippen molar-refractivity contribution in [2.45, 2.75) is 12.7 Å². The quantitative estimate of drug-likeness (QED) is 0.541. The molecule has 2 heterocycles. The molecule has 0 unspecified atom stereocenters. The molecule has 0 amide bonds. The number of carbonyl (C=O) groups is 1. The number of Topliss-reactive ketones (excluding diaryl/α,β-unsaturated/α-hetero) is 1. The number of nitrogens with zero attached hydrogens (tertiary/aromatic N) is 1. The fourth-order valence-electron chi connectivity index (χ4n) is 3.68. The lowest BCUT2D eigenvalue weighted by Gasteiger charge is -2.13. The van der Waals surface area contributed by atoms with Gasteiger partial charge in [0, 0.05) is 35.1 Å². The van der Waals surface area contributed by atoms with Crippen LogP contribution in [0.25, 0.3) is 17.0 Å². The maximum Gasteiger partial charge on any atom is 0.432 e. The van der Waals surface area contributed by atoms with Crippen LogP contribution in [-0.2, 0) is 12.7 Å². The molecule has 2 aromatic carbocycles. The van der Waals surface area contributed by atoms with Crippen LogP contribution in [0.15, 0.2) is 36.1 Å². The van der Waals surface area contributed by atoms with Gasteiger partial charge in [0.2, 0.25) is 5.78 Å². The molecule has 0 radical (unpaired) electrons. The van der Waals surface area contributed by atoms with E-state index in [0.29, 0.717) is 5.75 Å². The first kappa shape index (κ1) is 20.6. The van der Waals surface area contributed by atoms with Gasteiger partial charge < -0.3 is 29.4 Å². The molecule has 0 aliphatic carbocycles. The molecule has 0 bridgehead atoms. The number of phenols is 2. The number of hydrogen-bond acceptors (Lipinski definition) is 6. The van der Waals surface area contributed by atoms with Gasteiger partial charge in [-0.1, -0.05) is 0 Å². The van der Waals surface area contributed by atoms with E-state index in [0.717, 1.165) is 22.8 Å². The number of halogens is 3. The summed E-state index contributed by atoms with van der Waals surface area (Å²) in [7, 11) is 1.37. The van der Waals surface area contributed by atoms with E-state index in [1.54, 1.807) is 0 Å². The maximum atomic E-state index is 14.0. The largest absolute Gasteiger partial charge is 0.508 e. The van der Waals surface area contributed by atoms with Gasteiger partial charge in [-0.05, 0) is 24.3 Å². The molecular formula is C21H16F3NO6. The number of phenolic OH excluding ortho intramolecular Hbond substituents is 2. The molecule has 0 saturated carbocycles. The highest BCUT2D eigenvalue weighted by molar-refractivity contribution is 6.17. The molecule has 162 valence electrons. The third kappa shape index (κ3) is 3.34. The summed E-state index contributed by atoms with van der Waals surface area (Å²) in [4.78, 5) is 12.7. The number of ether oxygens (including phenoxy) is 2. The Kier molecular flexibility index (Phi) is 4.81. The van der Waals surface area contributed by atoms with Crippen molar-refractivity contribution in [3.63, 3.8) is 0 Å². The molecule has 1 aromatic heterocycles. The first-order valence-electron chi connectivity index (χ1n) is 9.04. The topological polar surface area (TPSA) is 101 Å². The standard InChI is InChI=1S/C21H16F3NO6/c1-30-11-2-3-14-12(8-11)13(20(21(22,23)24)25(14)4-5-26)9-17-19(29)18-15(28)6-10(27)7-16(18)31-17/h2-3,6-9,26-28H,4-5H2,1H3. The summed E-state index contributed by atoms with van der Waals surface area (Å²) in [5, 5.41) is 29.0. The molecule has 4 rings (SSSR count). The number of aromatic nitrogens is 1. The Labute approximate surface area is 173 Å². The van der Waals surface area contributed by atoms with Gasteiger partial charge in [0.05, 0.1) is 13.7 Å². The second-order valence-electron chi connectivity index (χ2n) is 6.80. The monoisotopic (exact) mass is 435 g/mol. The summed E-state index contributed by atoms with van der Waals surface area (Å²) in [6.45, 7) is -0.868. The molecule has 0 spiro atoms. The van der Waals surface area contributed by atoms with Crippen molar-refractivity contribution in [3.05, 3.63) is 52.9 Å². The summed E-state index contributed by atoms with van der Waals surface area (Å²) >= 11 is 0. The second-order valence-corrected chi connectivity index (χ2v) is 6.80. The molecule has 3 N–H and O–H groups in total. The van der Waals surface area contributed by atoms with Crippen molar-refractivity contribution in [2.75, 3.05) is 13.7 Å². The molecule has 0 fully saturated rings. The van der Waals surface area contributed by atoms with Gasteiger partial charge in [-0.15, -0.1) is 0 Å². The second kappa shape index (κ2) is 7.24. The Morgan fingerprint density at radius 1 is 1.19 bits per heavy atom. The van der Waals surface area contributed by atoms with Crippen molar-refractivity contribution < 1.29 is 42.8 Å². The number of allylic oxidation sites excluding steroid dienone is 1. The first-order chi connectivity index (χ1) is 14.7. The van der Waals surface area contributed by atoms with E-state index in [9.17, 15) is 33.3 Å². The molecule has 0 atom stereocenters. The van der Waals surface area contributed by atoms with Crippen LogP contribution in [0.1, 0.15) is 21.6 Å². The predicted molar refractivity (Wildman–Crippen MR) is 103 cm³/mol. The predicted octanol–water partition coefficient (Wildman–Crippen LogP) is 3.69. The molecule has 10 heteroatoms. The number of hydrogen-bond donors (Lipinski definition) is 3. The van der Waals surface area contributed by atoms with Crippen LogP contribution < -0.4 is 9.47 Å². The first-order valence-corrected chi connectivity index (χ1v) is 9.04. The lowest BCUT2D eigenvalue weighted by molar-refractivity contribution is -0.143. The van der Waals surface area contributed by atoms with Gasteiger partial charge in [-0.25, -0.2) is 0 Å². The average Bonchev–Trinajstić information content (AvgIpc) is 3.16. The van der Waals surface area contributed by atoms with Crippen LogP contribution in [0.2, 0.25) is 0 Å². The number of ketones is 1. The third-order valence-corrected chi connectivity index (χ3v) is 4.91. The van der Waals surface area contributed by atoms with Crippen LogP contribution in [0.4, 0.5) is 13.2 Å². The normalized spacial score (nSPS) is 14.9. The van der Waals surface area contributed by atoms with Gasteiger partial charge in [-0.3, -0.25) is 4.79 Å². The van der Waals surface area contributed by atoms with Crippen molar-refractivity contribution in [1.82, 2.24) is 4.57 Å². The molecule has 1 aliphatic rings. The number of fused-ring (bicyclic) bond motifs is 2. The summed E-state index contributed by atoms with van der Waals surface area (Å²) in [6, 6.07) is 6.32. The van der Waals surface area contributed by atoms with Crippen LogP contribution in [-0.4, -0.2) is 39.4 Å². The van der Waals surface area contributed by atoms with E-state index in [4.69, 9.17) is 9.47 Å². The van der Waals surface area contributed by atoms with E-state index >= 15 is 0 Å². The Morgan fingerprint density at radius 2 is 1.94 bits per heavy atom. The van der Waals surface area contributed by atoms with Gasteiger partial charge in [0.25, 0.3) is 0 Å². The zero-order valence-electron chi connectivity index (χ0n) is 16.0. The molecule has 31 heavy (non-hydrogen) atoms. The van der Waals surface area contributed by atoms with Crippen LogP contribution in [0.5, 0.6) is 23.0 Å². The van der Waals surface area contributed by atoms with Crippen molar-refractivity contribution in [3.8, 4) is 23.0 Å². The number of alkyl halides is 3. The molecule has 0 saturated heterocycles. The highest BCUT2D eigenvalue weighted by Gasteiger charge is 2.40. The number of methoxy groups -OCH3 is 1. The lowest BCUT2D eigenvalue weighted by Crippen LogP contribution is -2.16. The van der Waals surface area contributed by atoms with Crippen molar-refractivity contribution in [2.24, 2.45) is 0 Å². The number of aliphatic hydroxyl groups excluding tert-OH is 1. The van der Waals surface area contributed by atoms with E-state index in [1.807, 2.05) is 0 Å². The summed E-state index contributed by atoms with van der Waals surface area (Å²) in [5.41, 5.74) is -1.50. The van der Waals surface area contributed by atoms with Gasteiger partial charge in [0.15, 0.2) is 5.76 Å². The SMILES string of the molecule is COc1ccc2c(c1)c(C=C1Oc3cc(O)cc(O)c3C1=O)c(C(F)(F)F)n2CCO. The fraction of sp³-hybridized carbons (Fsp3) is 0.190. The lowest BCUT2D eigenvalue weighted by atomic mass is 10.1. The number of carbonyl (C=O) groups excluding carboxylic acids is 1. The van der Waals surface area contributed by atoms with E-state index in [-0.39, 0.29) is 40.1 Å². The van der Waals surface area contributed by atoms with Gasteiger partial charge >= 0.3 is 6.18 Å². The Morgan fingerprint density at radius 3 is 2.58 bits per heavy atom. The summed E-state index contributed by atoms with van der Waals surface area (Å²) < 4.78 is 53.5. The van der Waals surface area contributed by atoms with E-state index < -0.39 is 35.8 Å². The van der Waals surface area contributed by atoms with Gasteiger partial charge in [0.1, 0.15) is 34.3 Å². The van der Waals surface area contributed by atoms with Crippen LogP contribution in [0.3, 0.4) is 0 Å². The van der Waals surface area contributed by atoms with E-state index in [2.05, 4.69) is 0 Å². The van der Waals surface area contributed by atoms with Gasteiger partial charge in [-0.2, -0.15) is 13.2 Å². The van der Waals surface area contributed by atoms with Crippen LogP contribution >= 0.6 is 0 Å². The van der Waals surface area contributed by atoms with Crippen molar-refractivity contribution in [1.29, 1.82) is 0 Å². The summed E-state index contributed by atoms with van der Waals surface area (Å²) in [5.74, 6) is -2.07. The third-order valence-electron chi connectivity index (χ3n) is 4.91. The fourth-order valence-corrected chi connectivity index (χ4v) is 3.68. The number of benzene rings is 2. The smallest absolute Gasteiger partial charge is 0.432 e. The van der Waals surface area contributed by atoms with Crippen LogP contribution in [0, 0.1) is 0 Å². The molecule has 7 nitrogen and oxygen atoms in total. The molecule has 1 aliphatic heterocycles. The summed E-state index contributed by atoms with van der Waals surface area (Å²) in [6.07, 6.45) is -3.87. The highest BCUT2D eigenvalue weighted by Crippen LogP contribution is 2.44. The molecule has 3 aromatic rings. The minimum atomic E-state index is -4.82. The zero-order chi connectivity index (χ0) is 22.5. The Bertz CT molecular complexity index is 1240. The molecular weight excluding hydrogens is 419 g/mol. The minimum Gasteiger partial charge on any atom is -0.508 e. The highest BCUT2D eigenvalue weighted by atomic mass is 19.4. The maximum absolute atomic E-state index is 14.0. The van der Waals surface area contributed by atoms with E-state index in [1.165, 1.54) is 25.3 Å². The average molecular weight is 435 g/mol. The van der Waals surface area contributed by atoms with Crippen molar-refractivity contribution >= 4 is 22.8 Å². The Balaban J connectivity index is 1.99. The minimum absolute atomic E-state index is 0.132. The Hall–Kier alpha value is -3.66. The number of aliphatic hydroxyl groups is 1. The number of rotatable bonds is 4. The zero-order valence-corrected chi connectivity index (χ0v) is 16.0.